The van der Waals surface area contributed by atoms with Gasteiger partial charge in [-0.15, -0.1) is 0 Å². The lowest BCUT2D eigenvalue weighted by Gasteiger charge is -2.19. The molecule has 0 aliphatic carbocycles. The van der Waals surface area contributed by atoms with Crippen LogP contribution >= 0.6 is 0 Å². The molecule has 0 aliphatic rings. The molecule has 26 heavy (non-hydrogen) atoms. The van der Waals surface area contributed by atoms with Crippen LogP contribution < -0.4 is 5.32 Å². The highest BCUT2D eigenvalue weighted by Crippen LogP contribution is 2.27. The summed E-state index contributed by atoms with van der Waals surface area (Å²) in [6, 6.07) is 13.5. The number of nitrogens with one attached hydrogen (secondary N) is 1. The number of amides is 1. The molecular weight excluding hydrogens is 331 g/mol. The second-order valence-electron chi connectivity index (χ2n) is 7.25. The highest BCUT2D eigenvalue weighted by molar-refractivity contribution is 6.08. The van der Waals surface area contributed by atoms with Gasteiger partial charge in [-0.2, -0.15) is 0 Å². The number of nitrogens with zero attached hydrogens (tertiary/aromatic N) is 1. The molecule has 5 heteroatoms. The van der Waals surface area contributed by atoms with Crippen molar-refractivity contribution in [3.8, 4) is 11.3 Å². The van der Waals surface area contributed by atoms with E-state index in [2.05, 4.69) is 31.2 Å². The van der Waals surface area contributed by atoms with Crippen molar-refractivity contribution in [2.75, 3.05) is 5.32 Å². The third-order valence-corrected chi connectivity index (χ3v) is 4.22. The fourth-order valence-corrected chi connectivity index (χ4v) is 2.69. The average molecular weight is 352 g/mol. The predicted molar refractivity (Wildman–Crippen MR) is 99.7 cm³/mol. The number of aryl methyl sites for hydroxylation is 1. The molecule has 0 bridgehead atoms. The highest BCUT2D eigenvalue weighted by Gasteiger charge is 2.22. The number of benzene rings is 2. The van der Waals surface area contributed by atoms with Crippen molar-refractivity contribution < 1.29 is 13.7 Å². The number of hydrogen-bond donors (Lipinski definition) is 1. The van der Waals surface area contributed by atoms with Gasteiger partial charge < -0.3 is 9.84 Å². The molecule has 4 nitrogen and oxygen atoms in total. The molecule has 0 unspecified atom stereocenters. The minimum absolute atomic E-state index is 0.0450. The van der Waals surface area contributed by atoms with Crippen LogP contribution in [0, 0.1) is 12.7 Å². The summed E-state index contributed by atoms with van der Waals surface area (Å²) in [5.41, 5.74) is 3.28. The number of rotatable bonds is 3. The van der Waals surface area contributed by atoms with Gasteiger partial charge >= 0.3 is 0 Å². The minimum atomic E-state index is -0.348. The third kappa shape index (κ3) is 3.67. The van der Waals surface area contributed by atoms with Gasteiger partial charge in [0.1, 0.15) is 22.8 Å². The van der Waals surface area contributed by atoms with Crippen molar-refractivity contribution in [3.05, 3.63) is 71.2 Å². The van der Waals surface area contributed by atoms with Crippen LogP contribution in [-0.2, 0) is 5.41 Å². The molecule has 0 radical (unpaired) electrons. The van der Waals surface area contributed by atoms with Gasteiger partial charge in [-0.05, 0) is 54.3 Å². The molecule has 3 rings (SSSR count). The smallest absolute Gasteiger partial charge is 0.261 e. The van der Waals surface area contributed by atoms with Crippen molar-refractivity contribution >= 4 is 11.6 Å². The van der Waals surface area contributed by atoms with E-state index in [1.165, 1.54) is 17.7 Å². The lowest BCUT2D eigenvalue weighted by Crippen LogP contribution is -2.14. The highest BCUT2D eigenvalue weighted by atomic mass is 19.1. The zero-order chi connectivity index (χ0) is 18.9. The summed E-state index contributed by atoms with van der Waals surface area (Å²) in [6.45, 7) is 8.08. The van der Waals surface area contributed by atoms with E-state index in [1.807, 2.05) is 24.3 Å². The molecule has 0 fully saturated rings. The van der Waals surface area contributed by atoms with E-state index in [1.54, 1.807) is 19.1 Å². The summed E-state index contributed by atoms with van der Waals surface area (Å²) in [5, 5.41) is 6.84. The largest absolute Gasteiger partial charge is 0.360 e. The summed E-state index contributed by atoms with van der Waals surface area (Å²) < 4.78 is 18.3. The summed E-state index contributed by atoms with van der Waals surface area (Å²) in [7, 11) is 0. The van der Waals surface area contributed by atoms with Crippen LogP contribution in [0.2, 0.25) is 0 Å². The molecule has 1 heterocycles. The van der Waals surface area contributed by atoms with E-state index in [9.17, 15) is 9.18 Å². The van der Waals surface area contributed by atoms with Crippen LogP contribution in [0.3, 0.4) is 0 Å². The van der Waals surface area contributed by atoms with Crippen LogP contribution in [0.4, 0.5) is 10.1 Å². The van der Waals surface area contributed by atoms with Crippen molar-refractivity contribution in [3.63, 3.8) is 0 Å². The Morgan fingerprint density at radius 3 is 2.23 bits per heavy atom. The SMILES string of the molecule is Cc1onc(-c2ccc(F)cc2)c1C(=O)Nc1ccc(C(C)(C)C)cc1. The Hall–Kier alpha value is -2.95. The van der Waals surface area contributed by atoms with Gasteiger partial charge in [0.25, 0.3) is 5.91 Å². The first-order valence-electron chi connectivity index (χ1n) is 8.40. The van der Waals surface area contributed by atoms with Crippen LogP contribution in [0.1, 0.15) is 42.5 Å². The number of aromatic nitrogens is 1. The Bertz CT molecular complexity index is 920. The Morgan fingerprint density at radius 1 is 1.04 bits per heavy atom. The lowest BCUT2D eigenvalue weighted by atomic mass is 9.87. The van der Waals surface area contributed by atoms with Crippen molar-refractivity contribution in [2.45, 2.75) is 33.1 Å². The van der Waals surface area contributed by atoms with Gasteiger partial charge in [0.15, 0.2) is 0 Å². The molecule has 3 aromatic rings. The second-order valence-corrected chi connectivity index (χ2v) is 7.25. The maximum atomic E-state index is 13.1. The predicted octanol–water partition coefficient (Wildman–Crippen LogP) is 5.34. The summed E-state index contributed by atoms with van der Waals surface area (Å²) in [5.74, 6) is -0.251. The zero-order valence-electron chi connectivity index (χ0n) is 15.3. The van der Waals surface area contributed by atoms with Gasteiger partial charge in [-0.1, -0.05) is 38.1 Å². The Balaban J connectivity index is 1.87. The molecule has 1 N–H and O–H groups in total. The fourth-order valence-electron chi connectivity index (χ4n) is 2.69. The summed E-state index contributed by atoms with van der Waals surface area (Å²) >= 11 is 0. The third-order valence-electron chi connectivity index (χ3n) is 4.22. The van der Waals surface area contributed by atoms with Crippen molar-refractivity contribution in [1.29, 1.82) is 0 Å². The van der Waals surface area contributed by atoms with E-state index in [4.69, 9.17) is 4.52 Å². The maximum absolute atomic E-state index is 13.1. The molecule has 1 aromatic heterocycles. The molecule has 134 valence electrons. The molecule has 1 amide bonds. The van der Waals surface area contributed by atoms with Gasteiger partial charge in [0, 0.05) is 11.3 Å². The first-order chi connectivity index (χ1) is 12.3. The molecular formula is C21H21FN2O2. The molecule has 2 aromatic carbocycles. The van der Waals surface area contributed by atoms with Crippen LogP contribution in [0.25, 0.3) is 11.3 Å². The van der Waals surface area contributed by atoms with E-state index in [0.717, 1.165) is 0 Å². The fraction of sp³-hybridized carbons (Fsp3) is 0.238. The maximum Gasteiger partial charge on any atom is 0.261 e. The summed E-state index contributed by atoms with van der Waals surface area (Å²) in [6.07, 6.45) is 0. The first kappa shape index (κ1) is 17.9. The topological polar surface area (TPSA) is 55.1 Å². The van der Waals surface area contributed by atoms with Crippen LogP contribution in [0.15, 0.2) is 53.1 Å². The quantitative estimate of drug-likeness (QED) is 0.692. The van der Waals surface area contributed by atoms with Crippen LogP contribution in [-0.4, -0.2) is 11.1 Å². The van der Waals surface area contributed by atoms with Crippen molar-refractivity contribution in [1.82, 2.24) is 5.16 Å². The zero-order valence-corrected chi connectivity index (χ0v) is 15.3. The molecule has 0 aliphatic heterocycles. The Labute approximate surface area is 152 Å². The van der Waals surface area contributed by atoms with E-state index >= 15 is 0 Å². The number of carbonyl (C=O) groups is 1. The van der Waals surface area contributed by atoms with E-state index in [0.29, 0.717) is 28.3 Å². The number of hydrogen-bond acceptors (Lipinski definition) is 3. The van der Waals surface area contributed by atoms with Gasteiger partial charge in [-0.3, -0.25) is 4.79 Å². The number of halogens is 1. The van der Waals surface area contributed by atoms with Crippen molar-refractivity contribution in [2.24, 2.45) is 0 Å². The van der Waals surface area contributed by atoms with Gasteiger partial charge in [-0.25, -0.2) is 4.39 Å². The first-order valence-corrected chi connectivity index (χ1v) is 8.40. The molecule has 0 saturated carbocycles. The van der Waals surface area contributed by atoms with Gasteiger partial charge in [0.05, 0.1) is 0 Å². The van der Waals surface area contributed by atoms with E-state index in [-0.39, 0.29) is 17.1 Å². The summed E-state index contributed by atoms with van der Waals surface area (Å²) in [4.78, 5) is 12.8. The van der Waals surface area contributed by atoms with Crippen LogP contribution in [0.5, 0.6) is 0 Å². The average Bonchev–Trinajstić information content (AvgIpc) is 2.97. The molecule has 0 saturated heterocycles. The van der Waals surface area contributed by atoms with Gasteiger partial charge in [0.2, 0.25) is 0 Å². The standard InChI is InChI=1S/C21H21FN2O2/c1-13-18(19(24-26-13)14-5-9-16(22)10-6-14)20(25)23-17-11-7-15(8-12-17)21(2,3)4/h5-12H,1-4H3,(H,23,25). The lowest BCUT2D eigenvalue weighted by molar-refractivity contribution is 0.102. The monoisotopic (exact) mass is 352 g/mol. The Kier molecular flexibility index (Phi) is 4.64. The number of carbonyl (C=O) groups excluding carboxylic acids is 1. The Morgan fingerprint density at radius 2 is 1.65 bits per heavy atom. The normalized spacial score (nSPS) is 11.4. The van der Waals surface area contributed by atoms with E-state index < -0.39 is 0 Å². The number of anilines is 1. The minimum Gasteiger partial charge on any atom is -0.360 e. The molecule has 0 atom stereocenters. The second kappa shape index (κ2) is 6.75. The molecule has 0 spiro atoms.